The Hall–Kier alpha value is -0.0400. The molecule has 11 heavy (non-hydrogen) atoms. The molecule has 0 heterocycles. The summed E-state index contributed by atoms with van der Waals surface area (Å²) in [7, 11) is 0. The molecule has 0 radical (unpaired) electrons. The Kier molecular flexibility index (Phi) is 2.94. The minimum Gasteiger partial charge on any atom is -0.393 e. The standard InChI is InChI=1S/C10H20O/c1-7(2)9-5-4-8(3)10(11)6-9/h7-11H,4-6H2,1-3H3/t8-,9?,10+/m1/s1. The van der Waals surface area contributed by atoms with Crippen LogP contribution in [0.15, 0.2) is 0 Å². The molecule has 0 aromatic carbocycles. The quantitative estimate of drug-likeness (QED) is 0.618. The fraction of sp³-hybridized carbons (Fsp3) is 1.00. The van der Waals surface area contributed by atoms with Crippen LogP contribution < -0.4 is 0 Å². The Bertz CT molecular complexity index is 120. The smallest absolute Gasteiger partial charge is 0.0568 e. The molecule has 1 heteroatoms. The highest BCUT2D eigenvalue weighted by atomic mass is 16.3. The molecule has 0 spiro atoms. The molecule has 0 bridgehead atoms. The van der Waals surface area contributed by atoms with Crippen molar-refractivity contribution in [2.24, 2.45) is 17.8 Å². The van der Waals surface area contributed by atoms with Gasteiger partial charge in [-0.15, -0.1) is 0 Å². The summed E-state index contributed by atoms with van der Waals surface area (Å²) in [6.45, 7) is 6.67. The van der Waals surface area contributed by atoms with Gasteiger partial charge < -0.3 is 5.11 Å². The van der Waals surface area contributed by atoms with Gasteiger partial charge in [0.05, 0.1) is 6.10 Å². The van der Waals surface area contributed by atoms with Gasteiger partial charge in [0, 0.05) is 0 Å². The van der Waals surface area contributed by atoms with Crippen LogP contribution in [0.5, 0.6) is 0 Å². The summed E-state index contributed by atoms with van der Waals surface area (Å²) >= 11 is 0. The van der Waals surface area contributed by atoms with Crippen LogP contribution in [0.25, 0.3) is 0 Å². The van der Waals surface area contributed by atoms with Crippen molar-refractivity contribution in [3.63, 3.8) is 0 Å². The molecule has 1 nitrogen and oxygen atoms in total. The second-order valence-corrected chi connectivity index (χ2v) is 4.36. The second kappa shape index (κ2) is 3.57. The Morgan fingerprint density at radius 1 is 1.27 bits per heavy atom. The fourth-order valence-electron chi connectivity index (χ4n) is 1.94. The van der Waals surface area contributed by atoms with E-state index in [2.05, 4.69) is 20.8 Å². The van der Waals surface area contributed by atoms with Gasteiger partial charge >= 0.3 is 0 Å². The van der Waals surface area contributed by atoms with E-state index in [0.29, 0.717) is 5.92 Å². The molecule has 1 rings (SSSR count). The zero-order chi connectivity index (χ0) is 8.43. The number of hydrogen-bond acceptors (Lipinski definition) is 1. The Morgan fingerprint density at radius 3 is 2.36 bits per heavy atom. The Morgan fingerprint density at radius 2 is 1.91 bits per heavy atom. The highest BCUT2D eigenvalue weighted by molar-refractivity contribution is 4.78. The van der Waals surface area contributed by atoms with Gasteiger partial charge in [0.15, 0.2) is 0 Å². The van der Waals surface area contributed by atoms with Gasteiger partial charge in [-0.25, -0.2) is 0 Å². The van der Waals surface area contributed by atoms with E-state index in [9.17, 15) is 5.11 Å². The topological polar surface area (TPSA) is 20.2 Å². The first-order valence-corrected chi connectivity index (χ1v) is 4.79. The lowest BCUT2D eigenvalue weighted by Crippen LogP contribution is -2.29. The zero-order valence-electron chi connectivity index (χ0n) is 7.88. The first kappa shape index (κ1) is 9.05. The SMILES string of the molecule is CC(C)C1CC[C@@H](C)[C@@H](O)C1. The molecule has 0 saturated heterocycles. The maximum atomic E-state index is 9.60. The van der Waals surface area contributed by atoms with E-state index in [1.54, 1.807) is 0 Å². The fourth-order valence-corrected chi connectivity index (χ4v) is 1.94. The molecule has 1 fully saturated rings. The summed E-state index contributed by atoms with van der Waals surface area (Å²) in [6, 6.07) is 0. The third-order valence-corrected chi connectivity index (χ3v) is 3.14. The van der Waals surface area contributed by atoms with Crippen molar-refractivity contribution in [1.82, 2.24) is 0 Å². The average molecular weight is 156 g/mol. The molecule has 0 aromatic heterocycles. The van der Waals surface area contributed by atoms with Crippen LogP contribution in [0.3, 0.4) is 0 Å². The van der Waals surface area contributed by atoms with Gasteiger partial charge in [0.2, 0.25) is 0 Å². The van der Waals surface area contributed by atoms with E-state index in [4.69, 9.17) is 0 Å². The van der Waals surface area contributed by atoms with Crippen molar-refractivity contribution in [3.05, 3.63) is 0 Å². The summed E-state index contributed by atoms with van der Waals surface area (Å²) in [5.41, 5.74) is 0. The lowest BCUT2D eigenvalue weighted by molar-refractivity contribution is 0.0410. The minimum atomic E-state index is -0.0313. The van der Waals surface area contributed by atoms with Crippen LogP contribution in [-0.2, 0) is 0 Å². The molecule has 0 aliphatic heterocycles. The van der Waals surface area contributed by atoms with Crippen molar-refractivity contribution in [2.75, 3.05) is 0 Å². The third kappa shape index (κ3) is 2.19. The Labute approximate surface area is 69.8 Å². The van der Waals surface area contributed by atoms with Gasteiger partial charge in [-0.2, -0.15) is 0 Å². The van der Waals surface area contributed by atoms with Crippen molar-refractivity contribution >= 4 is 0 Å². The molecule has 1 saturated carbocycles. The van der Waals surface area contributed by atoms with Gasteiger partial charge in [-0.3, -0.25) is 0 Å². The molecule has 1 N–H and O–H groups in total. The van der Waals surface area contributed by atoms with Crippen LogP contribution >= 0.6 is 0 Å². The summed E-state index contributed by atoms with van der Waals surface area (Å²) in [4.78, 5) is 0. The third-order valence-electron chi connectivity index (χ3n) is 3.14. The first-order chi connectivity index (χ1) is 5.11. The van der Waals surface area contributed by atoms with Crippen LogP contribution in [0.4, 0.5) is 0 Å². The highest BCUT2D eigenvalue weighted by Crippen LogP contribution is 2.32. The number of rotatable bonds is 1. The van der Waals surface area contributed by atoms with Gasteiger partial charge in [-0.05, 0) is 37.0 Å². The highest BCUT2D eigenvalue weighted by Gasteiger charge is 2.27. The predicted molar refractivity (Wildman–Crippen MR) is 47.3 cm³/mol. The summed E-state index contributed by atoms with van der Waals surface area (Å²) < 4.78 is 0. The molecule has 66 valence electrons. The maximum Gasteiger partial charge on any atom is 0.0568 e. The maximum absolute atomic E-state index is 9.60. The molecule has 3 atom stereocenters. The lowest BCUT2D eigenvalue weighted by atomic mass is 9.76. The zero-order valence-corrected chi connectivity index (χ0v) is 7.88. The molecule has 0 amide bonds. The molecular weight excluding hydrogens is 136 g/mol. The number of aliphatic hydroxyl groups excluding tert-OH is 1. The normalized spacial score (nSPS) is 39.5. The summed E-state index contributed by atoms with van der Waals surface area (Å²) in [5, 5.41) is 9.60. The summed E-state index contributed by atoms with van der Waals surface area (Å²) in [6.07, 6.45) is 3.52. The average Bonchev–Trinajstić information content (AvgIpc) is 1.94. The number of aliphatic hydroxyl groups is 1. The van der Waals surface area contributed by atoms with E-state index in [1.807, 2.05) is 0 Å². The molecular formula is C10H20O. The first-order valence-electron chi connectivity index (χ1n) is 4.79. The Balaban J connectivity index is 2.40. The molecule has 0 aromatic rings. The van der Waals surface area contributed by atoms with Crippen molar-refractivity contribution in [1.29, 1.82) is 0 Å². The lowest BCUT2D eigenvalue weighted by Gasteiger charge is -2.33. The van der Waals surface area contributed by atoms with Gasteiger partial charge in [0.1, 0.15) is 0 Å². The van der Waals surface area contributed by atoms with E-state index in [0.717, 1.165) is 18.3 Å². The monoisotopic (exact) mass is 156 g/mol. The second-order valence-electron chi connectivity index (χ2n) is 4.36. The van der Waals surface area contributed by atoms with E-state index in [-0.39, 0.29) is 6.10 Å². The summed E-state index contributed by atoms with van der Waals surface area (Å²) in [5.74, 6) is 2.04. The van der Waals surface area contributed by atoms with Crippen LogP contribution in [-0.4, -0.2) is 11.2 Å². The molecule has 1 aliphatic carbocycles. The van der Waals surface area contributed by atoms with E-state index >= 15 is 0 Å². The largest absolute Gasteiger partial charge is 0.393 e. The molecule has 1 aliphatic rings. The van der Waals surface area contributed by atoms with E-state index in [1.165, 1.54) is 12.8 Å². The van der Waals surface area contributed by atoms with Crippen molar-refractivity contribution < 1.29 is 5.11 Å². The van der Waals surface area contributed by atoms with Gasteiger partial charge in [0.25, 0.3) is 0 Å². The predicted octanol–water partition coefficient (Wildman–Crippen LogP) is 2.44. The van der Waals surface area contributed by atoms with Crippen LogP contribution in [0.1, 0.15) is 40.0 Å². The van der Waals surface area contributed by atoms with Crippen LogP contribution in [0, 0.1) is 17.8 Å². The van der Waals surface area contributed by atoms with Crippen molar-refractivity contribution in [2.45, 2.75) is 46.1 Å². The van der Waals surface area contributed by atoms with Gasteiger partial charge in [-0.1, -0.05) is 20.8 Å². The van der Waals surface area contributed by atoms with Crippen molar-refractivity contribution in [3.8, 4) is 0 Å². The minimum absolute atomic E-state index is 0.0313. The van der Waals surface area contributed by atoms with E-state index < -0.39 is 0 Å². The number of hydrogen-bond donors (Lipinski definition) is 1. The molecule has 1 unspecified atom stereocenters. The van der Waals surface area contributed by atoms with Crippen LogP contribution in [0.2, 0.25) is 0 Å².